The van der Waals surface area contributed by atoms with E-state index in [1.54, 1.807) is 0 Å². The van der Waals surface area contributed by atoms with Gasteiger partial charge in [0.05, 0.1) is 11.4 Å². The molecular weight excluding hydrogens is 404 g/mol. The molecule has 1 aromatic heterocycles. The number of nitrogens with zero attached hydrogens (tertiary/aromatic N) is 2. The fourth-order valence-corrected chi connectivity index (χ4v) is 9.13. The second kappa shape index (κ2) is 6.32. The Hall–Kier alpha value is -2.91. The third-order valence-electron chi connectivity index (χ3n) is 7.07. The monoisotopic (exact) mass is 434 g/mol. The van der Waals surface area contributed by atoms with Crippen LogP contribution in [0.15, 0.2) is 60.8 Å². The summed E-state index contributed by atoms with van der Waals surface area (Å²) in [6.07, 6.45) is 3.10. The Morgan fingerprint density at radius 1 is 0.906 bits per heavy atom. The zero-order valence-corrected chi connectivity index (χ0v) is 20.9. The fraction of sp³-hybridized carbons (Fsp3) is 0.276. The van der Waals surface area contributed by atoms with Gasteiger partial charge >= 0.3 is 0 Å². The van der Waals surface area contributed by atoms with Crippen LogP contribution >= 0.6 is 0 Å². The molecule has 0 saturated heterocycles. The highest BCUT2D eigenvalue weighted by Gasteiger charge is 2.44. The zero-order valence-electron chi connectivity index (χ0n) is 19.9. The van der Waals surface area contributed by atoms with Crippen LogP contribution < -0.4 is 9.75 Å². The highest BCUT2D eigenvalue weighted by atomic mass is 28.3. The Morgan fingerprint density at radius 3 is 2.50 bits per heavy atom. The Morgan fingerprint density at radius 2 is 1.72 bits per heavy atom. The fourth-order valence-electron chi connectivity index (χ4n) is 5.90. The zero-order chi connectivity index (χ0) is 22.4. The minimum absolute atomic E-state index is 0.275. The molecule has 3 aromatic carbocycles. The van der Waals surface area contributed by atoms with Crippen LogP contribution in [-0.4, -0.2) is 13.2 Å². The van der Waals surface area contributed by atoms with Crippen molar-refractivity contribution in [1.29, 1.82) is 0 Å². The van der Waals surface area contributed by atoms with Gasteiger partial charge < -0.3 is 4.57 Å². The van der Waals surface area contributed by atoms with Crippen molar-refractivity contribution in [2.45, 2.75) is 47.2 Å². The Labute approximate surface area is 192 Å². The van der Waals surface area contributed by atoms with E-state index in [0.29, 0.717) is 0 Å². The molecule has 0 radical (unpaired) electrons. The van der Waals surface area contributed by atoms with Gasteiger partial charge in [0.25, 0.3) is 0 Å². The Bertz CT molecular complexity index is 1430. The van der Waals surface area contributed by atoms with Crippen LogP contribution in [0.5, 0.6) is 0 Å². The van der Waals surface area contributed by atoms with Crippen molar-refractivity contribution in [2.75, 3.05) is 4.57 Å². The van der Waals surface area contributed by atoms with Crippen molar-refractivity contribution in [3.8, 4) is 22.4 Å². The first-order chi connectivity index (χ1) is 15.1. The molecule has 2 aliphatic rings. The van der Waals surface area contributed by atoms with Crippen LogP contribution in [0, 0.1) is 12.3 Å². The van der Waals surface area contributed by atoms with E-state index in [4.69, 9.17) is 4.98 Å². The first-order valence-electron chi connectivity index (χ1n) is 11.6. The lowest BCUT2D eigenvalue weighted by Gasteiger charge is -2.48. The number of rotatable bonds is 1. The van der Waals surface area contributed by atoms with E-state index in [1.165, 1.54) is 55.2 Å². The molecule has 160 valence electrons. The van der Waals surface area contributed by atoms with E-state index in [1.807, 2.05) is 6.20 Å². The molecule has 0 N–H and O–H groups in total. The number of hydrogen-bond donors (Lipinski definition) is 0. The summed E-state index contributed by atoms with van der Waals surface area (Å²) in [6.45, 7) is 14.2. The molecule has 0 aliphatic carbocycles. The van der Waals surface area contributed by atoms with Crippen molar-refractivity contribution >= 4 is 35.6 Å². The smallest absolute Gasteiger partial charge is 0.188 e. The topological polar surface area (TPSA) is 16.1 Å². The highest BCUT2D eigenvalue weighted by molar-refractivity contribution is 6.95. The third kappa shape index (κ3) is 2.67. The molecular formula is C29H30N2Si. The van der Waals surface area contributed by atoms with E-state index in [9.17, 15) is 0 Å². The average molecular weight is 435 g/mol. The molecule has 0 fully saturated rings. The molecule has 0 unspecified atom stereocenters. The van der Waals surface area contributed by atoms with E-state index in [-0.39, 0.29) is 5.41 Å². The summed E-state index contributed by atoms with van der Waals surface area (Å²) >= 11 is 0. The van der Waals surface area contributed by atoms with E-state index >= 15 is 0 Å². The number of aryl methyl sites for hydroxylation is 1. The van der Waals surface area contributed by atoms with Gasteiger partial charge in [0.2, 0.25) is 0 Å². The van der Waals surface area contributed by atoms with Gasteiger partial charge in [-0.05, 0) is 77.3 Å². The number of anilines is 2. The SMILES string of the molecule is Cc1cc2c3c(cccc3c1)N1c3c(ccnc3-2)-c2ccc(CC(C)(C)C)cc2[Si]1(C)C. The van der Waals surface area contributed by atoms with Crippen molar-refractivity contribution in [1.82, 2.24) is 4.98 Å². The lowest BCUT2D eigenvalue weighted by atomic mass is 9.87. The second-order valence-corrected chi connectivity index (χ2v) is 15.4. The molecule has 0 atom stereocenters. The van der Waals surface area contributed by atoms with Crippen LogP contribution in [0.1, 0.15) is 31.9 Å². The maximum Gasteiger partial charge on any atom is 0.188 e. The first kappa shape index (κ1) is 19.7. The molecule has 32 heavy (non-hydrogen) atoms. The van der Waals surface area contributed by atoms with Gasteiger partial charge in [-0.15, -0.1) is 0 Å². The van der Waals surface area contributed by atoms with E-state index in [2.05, 4.69) is 100.0 Å². The van der Waals surface area contributed by atoms with Crippen LogP contribution in [0.4, 0.5) is 11.4 Å². The van der Waals surface area contributed by atoms with Gasteiger partial charge in [0.15, 0.2) is 8.24 Å². The summed E-state index contributed by atoms with van der Waals surface area (Å²) in [4.78, 5) is 4.96. The summed E-state index contributed by atoms with van der Waals surface area (Å²) < 4.78 is 2.69. The van der Waals surface area contributed by atoms with Gasteiger partial charge in [-0.25, -0.2) is 0 Å². The standard InChI is InChI=1S/C29H30N2Si/c1-18-14-20-8-7-9-24-26(20)23(15-18)27-28-22(12-13-30-27)21-11-10-19(17-29(2,3)4)16-25(21)32(5,6)31(24)28/h7-16H,17H2,1-6H3. The highest BCUT2D eigenvalue weighted by Crippen LogP contribution is 2.54. The molecule has 0 bridgehead atoms. The summed E-state index contributed by atoms with van der Waals surface area (Å²) in [5.41, 5.74) is 10.8. The Kier molecular flexibility index (Phi) is 3.90. The number of aromatic nitrogens is 1. The largest absolute Gasteiger partial charge is 0.362 e. The minimum Gasteiger partial charge on any atom is -0.362 e. The summed E-state index contributed by atoms with van der Waals surface area (Å²) in [5.74, 6) is 0. The lowest BCUT2D eigenvalue weighted by Crippen LogP contribution is -2.59. The molecule has 0 spiro atoms. The number of benzene rings is 3. The predicted octanol–water partition coefficient (Wildman–Crippen LogP) is 7.34. The molecule has 6 rings (SSSR count). The minimum atomic E-state index is -2.04. The third-order valence-corrected chi connectivity index (χ3v) is 10.4. The molecule has 2 nitrogen and oxygen atoms in total. The quantitative estimate of drug-likeness (QED) is 0.291. The molecule has 4 aromatic rings. The average Bonchev–Trinajstić information content (AvgIpc) is 2.71. The van der Waals surface area contributed by atoms with Crippen molar-refractivity contribution in [3.63, 3.8) is 0 Å². The predicted molar refractivity (Wildman–Crippen MR) is 140 cm³/mol. The first-order valence-corrected chi connectivity index (χ1v) is 14.6. The summed E-state index contributed by atoms with van der Waals surface area (Å²) in [7, 11) is -2.04. The van der Waals surface area contributed by atoms with Gasteiger partial charge in [-0.2, -0.15) is 0 Å². The van der Waals surface area contributed by atoms with Gasteiger partial charge in [0, 0.05) is 28.4 Å². The maximum absolute atomic E-state index is 4.96. The van der Waals surface area contributed by atoms with Crippen LogP contribution in [0.3, 0.4) is 0 Å². The normalized spacial score (nSPS) is 15.5. The number of pyridine rings is 1. The Balaban J connectivity index is 1.70. The van der Waals surface area contributed by atoms with Crippen molar-refractivity contribution < 1.29 is 0 Å². The van der Waals surface area contributed by atoms with E-state index < -0.39 is 8.24 Å². The van der Waals surface area contributed by atoms with Gasteiger partial charge in [-0.1, -0.05) is 57.2 Å². The second-order valence-electron chi connectivity index (χ2n) is 11.3. The van der Waals surface area contributed by atoms with Gasteiger partial charge in [-0.3, -0.25) is 4.98 Å². The molecule has 2 aliphatic heterocycles. The van der Waals surface area contributed by atoms with Crippen LogP contribution in [0.25, 0.3) is 33.2 Å². The van der Waals surface area contributed by atoms with Crippen molar-refractivity contribution in [3.05, 3.63) is 71.9 Å². The molecule has 3 heteroatoms. The lowest BCUT2D eigenvalue weighted by molar-refractivity contribution is 0.411. The van der Waals surface area contributed by atoms with Crippen LogP contribution in [0.2, 0.25) is 13.1 Å². The number of hydrogen-bond acceptors (Lipinski definition) is 2. The van der Waals surface area contributed by atoms with E-state index in [0.717, 1.165) is 12.1 Å². The molecule has 0 amide bonds. The van der Waals surface area contributed by atoms with Crippen molar-refractivity contribution in [2.24, 2.45) is 5.41 Å². The van der Waals surface area contributed by atoms with Crippen LogP contribution in [-0.2, 0) is 6.42 Å². The molecule has 3 heterocycles. The summed E-state index contributed by atoms with van der Waals surface area (Å²) in [6, 6.07) is 20.9. The maximum atomic E-state index is 4.96. The molecule has 0 saturated carbocycles. The summed E-state index contributed by atoms with van der Waals surface area (Å²) in [5, 5.41) is 4.20. The number of fused-ring (bicyclic) bond motifs is 4. The van der Waals surface area contributed by atoms with Gasteiger partial charge in [0.1, 0.15) is 0 Å².